The average molecular weight is 378 g/mol. The van der Waals surface area contributed by atoms with Crippen LogP contribution in [0.25, 0.3) is 0 Å². The van der Waals surface area contributed by atoms with Crippen LogP contribution in [0.3, 0.4) is 0 Å². The van der Waals surface area contributed by atoms with Crippen molar-refractivity contribution in [3.8, 4) is 24.7 Å². The molecule has 0 fully saturated rings. The third-order valence-corrected chi connectivity index (χ3v) is 4.45. The highest BCUT2D eigenvalue weighted by atomic mass is 127. The fourth-order valence-electron chi connectivity index (χ4n) is 0.812. The zero-order valence-corrected chi connectivity index (χ0v) is 10.4. The molecule has 1 rings (SSSR count). The highest BCUT2D eigenvalue weighted by Crippen LogP contribution is 2.21. The Bertz CT molecular complexity index is 392. The van der Waals surface area contributed by atoms with Gasteiger partial charge >= 0.3 is 0 Å². The molecule has 0 aliphatic rings. The Morgan fingerprint density at radius 2 is 1.75 bits per heavy atom. The predicted octanol–water partition coefficient (Wildman–Crippen LogP) is 2.86. The van der Waals surface area contributed by atoms with Gasteiger partial charge in [0.25, 0.3) is 0 Å². The molecule has 58 valence electrons. The van der Waals surface area contributed by atoms with Crippen molar-refractivity contribution < 1.29 is 0 Å². The third kappa shape index (κ3) is 1.75. The normalized spacial score (nSPS) is 8.67. The van der Waals surface area contributed by atoms with E-state index in [0.717, 1.165) is 18.3 Å². The lowest BCUT2D eigenvalue weighted by atomic mass is 10.1. The van der Waals surface area contributed by atoms with Crippen LogP contribution in [0.2, 0.25) is 0 Å². The number of halogens is 2. The molecule has 0 radical (unpaired) electrons. The van der Waals surface area contributed by atoms with E-state index in [1.807, 2.05) is 12.1 Å². The van der Waals surface area contributed by atoms with Crippen LogP contribution < -0.4 is 0 Å². The van der Waals surface area contributed by atoms with Crippen molar-refractivity contribution in [3.05, 3.63) is 30.4 Å². The second-order valence-corrected chi connectivity index (χ2v) is 4.31. The molecule has 2 heteroatoms. The van der Waals surface area contributed by atoms with Crippen molar-refractivity contribution in [2.75, 3.05) is 0 Å². The topological polar surface area (TPSA) is 0 Å². The van der Waals surface area contributed by atoms with E-state index in [2.05, 4.69) is 57.0 Å². The summed E-state index contributed by atoms with van der Waals surface area (Å²) in [5.41, 5.74) is 1.62. The van der Waals surface area contributed by atoms with E-state index in [9.17, 15) is 0 Å². The zero-order valence-electron chi connectivity index (χ0n) is 6.07. The number of hydrogen-bond acceptors (Lipinski definition) is 0. The molecule has 0 atom stereocenters. The maximum Gasteiger partial charge on any atom is 0.0543 e. The standard InChI is InChI=1S/C10H4I2/c1-3-7-5-6-9(11)10(12)8(7)4-2/h1-2,5-6H. The first-order valence-electron chi connectivity index (χ1n) is 3.12. The van der Waals surface area contributed by atoms with Gasteiger partial charge in [-0.15, -0.1) is 12.8 Å². The van der Waals surface area contributed by atoms with E-state index in [1.54, 1.807) is 0 Å². The molecule has 0 heterocycles. The molecule has 0 N–H and O–H groups in total. The van der Waals surface area contributed by atoms with Crippen LogP contribution in [0.5, 0.6) is 0 Å². The minimum absolute atomic E-state index is 0.794. The van der Waals surface area contributed by atoms with Crippen LogP contribution in [-0.2, 0) is 0 Å². The van der Waals surface area contributed by atoms with Crippen LogP contribution in [0, 0.1) is 31.8 Å². The molecule has 0 saturated carbocycles. The van der Waals surface area contributed by atoms with E-state index in [0.29, 0.717) is 0 Å². The van der Waals surface area contributed by atoms with E-state index in [1.165, 1.54) is 0 Å². The highest BCUT2D eigenvalue weighted by molar-refractivity contribution is 14.1. The molecule has 0 unspecified atom stereocenters. The van der Waals surface area contributed by atoms with Crippen LogP contribution in [-0.4, -0.2) is 0 Å². The van der Waals surface area contributed by atoms with Gasteiger partial charge in [0.05, 0.1) is 5.56 Å². The fraction of sp³-hybridized carbons (Fsp3) is 0. The monoisotopic (exact) mass is 378 g/mol. The Balaban J connectivity index is 3.52. The van der Waals surface area contributed by atoms with Gasteiger partial charge in [-0.25, -0.2) is 0 Å². The average Bonchev–Trinajstić information content (AvgIpc) is 2.09. The summed E-state index contributed by atoms with van der Waals surface area (Å²) in [6.45, 7) is 0. The van der Waals surface area contributed by atoms with Crippen molar-refractivity contribution >= 4 is 45.2 Å². The number of terminal acetylenes is 2. The molecule has 0 saturated heterocycles. The summed E-state index contributed by atoms with van der Waals surface area (Å²) in [6, 6.07) is 3.84. The lowest BCUT2D eigenvalue weighted by Crippen LogP contribution is -1.90. The second kappa shape index (κ2) is 4.15. The third-order valence-electron chi connectivity index (χ3n) is 1.39. The van der Waals surface area contributed by atoms with E-state index in [4.69, 9.17) is 12.8 Å². The van der Waals surface area contributed by atoms with Crippen LogP contribution >= 0.6 is 45.2 Å². The second-order valence-electron chi connectivity index (χ2n) is 2.07. The van der Waals surface area contributed by atoms with Crippen molar-refractivity contribution in [1.82, 2.24) is 0 Å². The van der Waals surface area contributed by atoms with Gasteiger partial charge in [-0.1, -0.05) is 11.8 Å². The molecule has 0 bridgehead atoms. The summed E-state index contributed by atoms with van der Waals surface area (Å²) in [7, 11) is 0. The molecular weight excluding hydrogens is 374 g/mol. The molecule has 1 aromatic carbocycles. The highest BCUT2D eigenvalue weighted by Gasteiger charge is 2.05. The Hall–Kier alpha value is -0.200. The smallest absolute Gasteiger partial charge is 0.0543 e. The lowest BCUT2D eigenvalue weighted by molar-refractivity contribution is 1.50. The lowest BCUT2D eigenvalue weighted by Gasteiger charge is -2.01. The predicted molar refractivity (Wildman–Crippen MR) is 67.7 cm³/mol. The molecule has 0 spiro atoms. The van der Waals surface area contributed by atoms with Crippen molar-refractivity contribution in [1.29, 1.82) is 0 Å². The SMILES string of the molecule is C#Cc1ccc(I)c(I)c1C#C. The van der Waals surface area contributed by atoms with Crippen molar-refractivity contribution in [2.24, 2.45) is 0 Å². The molecule has 0 aliphatic carbocycles. The van der Waals surface area contributed by atoms with E-state index in [-0.39, 0.29) is 0 Å². The molecule has 0 aliphatic heterocycles. The maximum absolute atomic E-state index is 5.34. The Labute approximate surface area is 99.4 Å². The van der Waals surface area contributed by atoms with Gasteiger partial charge in [-0.05, 0) is 57.3 Å². The largest absolute Gasteiger partial charge is 0.115 e. The van der Waals surface area contributed by atoms with Crippen LogP contribution in [0.15, 0.2) is 12.1 Å². The van der Waals surface area contributed by atoms with Gasteiger partial charge in [-0.2, -0.15) is 0 Å². The Kier molecular flexibility index (Phi) is 3.42. The van der Waals surface area contributed by atoms with Gasteiger partial charge in [-0.3, -0.25) is 0 Å². The Morgan fingerprint density at radius 3 is 2.25 bits per heavy atom. The molecule has 0 nitrogen and oxygen atoms in total. The maximum atomic E-state index is 5.34. The summed E-state index contributed by atoms with van der Waals surface area (Å²) >= 11 is 4.44. The fourth-order valence-corrected chi connectivity index (χ4v) is 1.89. The van der Waals surface area contributed by atoms with Gasteiger partial charge in [0.1, 0.15) is 0 Å². The minimum Gasteiger partial charge on any atom is -0.115 e. The summed E-state index contributed by atoms with van der Waals surface area (Å²) in [4.78, 5) is 0. The number of hydrogen-bond donors (Lipinski definition) is 0. The first-order valence-corrected chi connectivity index (χ1v) is 5.27. The quantitative estimate of drug-likeness (QED) is 0.482. The summed E-state index contributed by atoms with van der Waals surface area (Å²) in [5, 5.41) is 0. The number of benzene rings is 1. The van der Waals surface area contributed by atoms with E-state index < -0.39 is 0 Å². The van der Waals surface area contributed by atoms with Crippen molar-refractivity contribution in [2.45, 2.75) is 0 Å². The molecular formula is C10H4I2. The number of rotatable bonds is 0. The summed E-state index contributed by atoms with van der Waals surface area (Å²) in [5.74, 6) is 5.16. The minimum atomic E-state index is 0.794. The summed E-state index contributed by atoms with van der Waals surface area (Å²) in [6.07, 6.45) is 10.6. The van der Waals surface area contributed by atoms with Gasteiger partial charge < -0.3 is 0 Å². The Morgan fingerprint density at radius 1 is 1.08 bits per heavy atom. The van der Waals surface area contributed by atoms with Gasteiger partial charge in [0.2, 0.25) is 0 Å². The van der Waals surface area contributed by atoms with Crippen LogP contribution in [0.4, 0.5) is 0 Å². The molecule has 0 aromatic heterocycles. The van der Waals surface area contributed by atoms with E-state index >= 15 is 0 Å². The van der Waals surface area contributed by atoms with Gasteiger partial charge in [0.15, 0.2) is 0 Å². The molecule has 0 amide bonds. The molecule has 12 heavy (non-hydrogen) atoms. The summed E-state index contributed by atoms with van der Waals surface area (Å²) < 4.78 is 2.20. The van der Waals surface area contributed by atoms with Crippen LogP contribution in [0.1, 0.15) is 11.1 Å². The first-order chi connectivity index (χ1) is 5.70. The zero-order chi connectivity index (χ0) is 9.14. The first kappa shape index (κ1) is 9.88. The molecule has 1 aromatic rings. The van der Waals surface area contributed by atoms with Gasteiger partial charge in [0, 0.05) is 12.7 Å². The van der Waals surface area contributed by atoms with Crippen molar-refractivity contribution in [3.63, 3.8) is 0 Å².